The lowest BCUT2D eigenvalue weighted by atomic mass is 9.41. The van der Waals surface area contributed by atoms with E-state index in [-0.39, 0.29) is 5.54 Å². The van der Waals surface area contributed by atoms with E-state index < -0.39 is 0 Å². The number of hydrogen-bond acceptors (Lipinski definition) is 2. The van der Waals surface area contributed by atoms with Crippen molar-refractivity contribution in [3.8, 4) is 0 Å². The van der Waals surface area contributed by atoms with Crippen molar-refractivity contribution in [2.45, 2.75) is 97.1 Å². The summed E-state index contributed by atoms with van der Waals surface area (Å²) in [6.07, 6.45) is 12.1. The first-order valence-corrected chi connectivity index (χ1v) is 10.8. The van der Waals surface area contributed by atoms with Gasteiger partial charge >= 0.3 is 0 Å². The fourth-order valence-electron chi connectivity index (χ4n) is 8.55. The van der Waals surface area contributed by atoms with E-state index >= 15 is 0 Å². The van der Waals surface area contributed by atoms with E-state index in [1.807, 2.05) is 0 Å². The quantitative estimate of drug-likeness (QED) is 0.730. The molecule has 4 N–H and O–H groups in total. The molecule has 0 radical (unpaired) electrons. The molecule has 4 rings (SSSR count). The highest BCUT2D eigenvalue weighted by molar-refractivity contribution is 5.17. The molecule has 4 aliphatic carbocycles. The van der Waals surface area contributed by atoms with E-state index in [0.717, 1.165) is 30.1 Å². The SMILES string of the molecule is CCC1(N)CCC2C3C(C)C(N)C4CCCCC4(C)C3CCC21C. The van der Waals surface area contributed by atoms with Gasteiger partial charge in [0.2, 0.25) is 0 Å². The average Bonchev–Trinajstić information content (AvgIpc) is 2.84. The molecule has 0 spiro atoms. The van der Waals surface area contributed by atoms with Crippen molar-refractivity contribution in [2.75, 3.05) is 0 Å². The molecule has 24 heavy (non-hydrogen) atoms. The Morgan fingerprint density at radius 3 is 2.33 bits per heavy atom. The van der Waals surface area contributed by atoms with Crippen molar-refractivity contribution in [3.63, 3.8) is 0 Å². The van der Waals surface area contributed by atoms with Gasteiger partial charge in [0.05, 0.1) is 0 Å². The Hall–Kier alpha value is -0.0800. The van der Waals surface area contributed by atoms with Crippen LogP contribution in [0.2, 0.25) is 0 Å². The summed E-state index contributed by atoms with van der Waals surface area (Å²) in [7, 11) is 0. The van der Waals surface area contributed by atoms with Crippen molar-refractivity contribution in [1.29, 1.82) is 0 Å². The number of rotatable bonds is 1. The zero-order valence-electron chi connectivity index (χ0n) is 16.5. The van der Waals surface area contributed by atoms with Crippen LogP contribution in [-0.2, 0) is 0 Å². The standard InChI is InChI=1S/C22H40N2/c1-5-22(24)13-10-16-18-14(2)19(23)17-8-6-7-11-20(17,3)15(18)9-12-21(16,22)4/h14-19H,5-13,23-24H2,1-4H3. The van der Waals surface area contributed by atoms with E-state index in [2.05, 4.69) is 27.7 Å². The first-order chi connectivity index (χ1) is 11.3. The average molecular weight is 333 g/mol. The predicted molar refractivity (Wildman–Crippen MR) is 101 cm³/mol. The Labute approximate surface area is 149 Å². The fourth-order valence-corrected chi connectivity index (χ4v) is 8.55. The molecule has 9 unspecified atom stereocenters. The summed E-state index contributed by atoms with van der Waals surface area (Å²) in [4.78, 5) is 0. The van der Waals surface area contributed by atoms with Gasteiger partial charge in [-0.15, -0.1) is 0 Å². The van der Waals surface area contributed by atoms with E-state index in [1.165, 1.54) is 51.4 Å². The number of nitrogens with two attached hydrogens (primary N) is 2. The molecule has 0 aromatic carbocycles. The largest absolute Gasteiger partial charge is 0.327 e. The van der Waals surface area contributed by atoms with Crippen LogP contribution in [0, 0.1) is 40.4 Å². The summed E-state index contributed by atoms with van der Waals surface area (Å²) in [5, 5.41) is 0. The molecule has 0 aromatic heterocycles. The van der Waals surface area contributed by atoms with Crippen LogP contribution in [0.15, 0.2) is 0 Å². The Morgan fingerprint density at radius 1 is 0.917 bits per heavy atom. The van der Waals surface area contributed by atoms with Gasteiger partial charge < -0.3 is 11.5 Å². The maximum atomic E-state index is 6.98. The smallest absolute Gasteiger partial charge is 0.0208 e. The first-order valence-electron chi connectivity index (χ1n) is 10.8. The second-order valence-corrected chi connectivity index (χ2v) is 10.6. The number of fused-ring (bicyclic) bond motifs is 5. The molecule has 0 heterocycles. The molecule has 2 nitrogen and oxygen atoms in total. The van der Waals surface area contributed by atoms with Gasteiger partial charge in [0.25, 0.3) is 0 Å². The summed E-state index contributed by atoms with van der Waals surface area (Å²) in [5.74, 6) is 3.96. The highest BCUT2D eigenvalue weighted by Crippen LogP contribution is 2.69. The predicted octanol–water partition coefficient (Wildman–Crippen LogP) is 4.71. The van der Waals surface area contributed by atoms with Gasteiger partial charge in [0.1, 0.15) is 0 Å². The third kappa shape index (κ3) is 1.96. The van der Waals surface area contributed by atoms with Crippen molar-refractivity contribution in [2.24, 2.45) is 51.9 Å². The molecule has 0 aliphatic heterocycles. The van der Waals surface area contributed by atoms with Crippen LogP contribution in [0.3, 0.4) is 0 Å². The van der Waals surface area contributed by atoms with Crippen molar-refractivity contribution < 1.29 is 0 Å². The molecule has 0 bridgehead atoms. The topological polar surface area (TPSA) is 52.0 Å². The molecule has 4 aliphatic rings. The molecule has 2 heteroatoms. The Balaban J connectivity index is 1.73. The molecule has 0 aromatic rings. The first kappa shape index (κ1) is 17.3. The van der Waals surface area contributed by atoms with Crippen molar-refractivity contribution in [1.82, 2.24) is 0 Å². The summed E-state index contributed by atoms with van der Waals surface area (Å²) >= 11 is 0. The maximum Gasteiger partial charge on any atom is 0.0208 e. The van der Waals surface area contributed by atoms with Crippen LogP contribution in [0.4, 0.5) is 0 Å². The van der Waals surface area contributed by atoms with E-state index in [1.54, 1.807) is 0 Å². The summed E-state index contributed by atoms with van der Waals surface area (Å²) in [5.41, 5.74) is 14.8. The summed E-state index contributed by atoms with van der Waals surface area (Å²) < 4.78 is 0. The Kier molecular flexibility index (Phi) is 3.94. The van der Waals surface area contributed by atoms with Gasteiger partial charge in [-0.3, -0.25) is 0 Å². The molecule has 138 valence electrons. The third-order valence-corrected chi connectivity index (χ3v) is 10.2. The minimum absolute atomic E-state index is 0.0662. The number of hydrogen-bond donors (Lipinski definition) is 2. The molecule has 4 fully saturated rings. The molecule has 0 amide bonds. The molecule has 4 saturated carbocycles. The molecular formula is C22H40N2. The van der Waals surface area contributed by atoms with Crippen LogP contribution >= 0.6 is 0 Å². The van der Waals surface area contributed by atoms with Gasteiger partial charge in [-0.05, 0) is 85.4 Å². The van der Waals surface area contributed by atoms with Crippen molar-refractivity contribution >= 4 is 0 Å². The van der Waals surface area contributed by atoms with Gasteiger partial charge in [-0.2, -0.15) is 0 Å². The summed E-state index contributed by atoms with van der Waals surface area (Å²) in [6.45, 7) is 9.96. The zero-order valence-corrected chi connectivity index (χ0v) is 16.5. The van der Waals surface area contributed by atoms with Crippen LogP contribution in [0.5, 0.6) is 0 Å². The zero-order chi connectivity index (χ0) is 17.3. The lowest BCUT2D eigenvalue weighted by Crippen LogP contribution is -2.64. The monoisotopic (exact) mass is 332 g/mol. The van der Waals surface area contributed by atoms with Gasteiger partial charge in [-0.1, -0.05) is 40.5 Å². The minimum atomic E-state index is 0.0662. The van der Waals surface area contributed by atoms with Gasteiger partial charge in [0, 0.05) is 11.6 Å². The van der Waals surface area contributed by atoms with E-state index in [0.29, 0.717) is 22.8 Å². The van der Waals surface area contributed by atoms with E-state index in [4.69, 9.17) is 11.5 Å². The minimum Gasteiger partial charge on any atom is -0.327 e. The van der Waals surface area contributed by atoms with Crippen LogP contribution in [0.25, 0.3) is 0 Å². The van der Waals surface area contributed by atoms with Crippen LogP contribution in [0.1, 0.15) is 85.5 Å². The lowest BCUT2D eigenvalue weighted by molar-refractivity contribution is -0.145. The van der Waals surface area contributed by atoms with Crippen LogP contribution < -0.4 is 11.5 Å². The molecule has 9 atom stereocenters. The summed E-state index contributed by atoms with van der Waals surface area (Å²) in [6, 6.07) is 0.410. The maximum absolute atomic E-state index is 6.98. The highest BCUT2D eigenvalue weighted by atomic mass is 14.9. The van der Waals surface area contributed by atoms with Gasteiger partial charge in [0.15, 0.2) is 0 Å². The normalized spacial score (nSPS) is 60.2. The molecule has 0 saturated heterocycles. The van der Waals surface area contributed by atoms with E-state index in [9.17, 15) is 0 Å². The van der Waals surface area contributed by atoms with Crippen LogP contribution in [-0.4, -0.2) is 11.6 Å². The second kappa shape index (κ2) is 5.46. The fraction of sp³-hybridized carbons (Fsp3) is 1.00. The highest BCUT2D eigenvalue weighted by Gasteiger charge is 2.65. The third-order valence-electron chi connectivity index (χ3n) is 10.2. The Morgan fingerprint density at radius 2 is 1.62 bits per heavy atom. The lowest BCUT2D eigenvalue weighted by Gasteiger charge is -2.65. The van der Waals surface area contributed by atoms with Gasteiger partial charge in [-0.25, -0.2) is 0 Å². The Bertz CT molecular complexity index is 502. The molecular weight excluding hydrogens is 292 g/mol. The van der Waals surface area contributed by atoms with Crippen molar-refractivity contribution in [3.05, 3.63) is 0 Å². The second-order valence-electron chi connectivity index (χ2n) is 10.6.